The molecule has 7 nitrogen and oxygen atoms in total. The van der Waals surface area contributed by atoms with Crippen LogP contribution in [0.2, 0.25) is 0 Å². The highest BCUT2D eigenvalue weighted by Crippen LogP contribution is 2.36. The smallest absolute Gasteiger partial charge is 0.338 e. The number of nitrogens with zero attached hydrogens (tertiary/aromatic N) is 1. The zero-order chi connectivity index (χ0) is 24.8. The molecule has 35 heavy (non-hydrogen) atoms. The third-order valence-corrected chi connectivity index (χ3v) is 7.84. The van der Waals surface area contributed by atoms with Crippen molar-refractivity contribution in [3.63, 3.8) is 0 Å². The van der Waals surface area contributed by atoms with Crippen LogP contribution in [-0.4, -0.2) is 39.5 Å². The second-order valence-corrected chi connectivity index (χ2v) is 10.3. The molecule has 1 heterocycles. The number of carbonyl (C=O) groups excluding carboxylic acids is 2. The van der Waals surface area contributed by atoms with Crippen molar-refractivity contribution in [1.29, 1.82) is 0 Å². The number of carbonyl (C=O) groups is 2. The van der Waals surface area contributed by atoms with Gasteiger partial charge in [-0.05, 0) is 61.6 Å². The molecule has 3 aromatic rings. The van der Waals surface area contributed by atoms with E-state index >= 15 is 0 Å². The van der Waals surface area contributed by atoms with E-state index in [9.17, 15) is 18.0 Å². The van der Waals surface area contributed by atoms with E-state index in [0.717, 1.165) is 18.4 Å². The van der Waals surface area contributed by atoms with Crippen molar-refractivity contribution in [1.82, 2.24) is 5.32 Å². The number of amides is 1. The molecule has 182 valence electrons. The number of benzene rings is 3. The van der Waals surface area contributed by atoms with Crippen LogP contribution in [0.4, 0.5) is 5.69 Å². The maximum atomic E-state index is 13.4. The minimum absolute atomic E-state index is 0.000802. The number of rotatable bonds is 9. The first-order valence-corrected chi connectivity index (χ1v) is 13.0. The monoisotopic (exact) mass is 492 g/mol. The normalized spacial score (nSPS) is 14.9. The number of hydrogen-bond acceptors (Lipinski definition) is 5. The van der Waals surface area contributed by atoms with Gasteiger partial charge in [0.15, 0.2) is 6.61 Å². The van der Waals surface area contributed by atoms with Crippen LogP contribution in [0.15, 0.2) is 83.8 Å². The largest absolute Gasteiger partial charge is 0.452 e. The summed E-state index contributed by atoms with van der Waals surface area (Å²) in [5.41, 5.74) is 2.88. The highest BCUT2D eigenvalue weighted by molar-refractivity contribution is 7.92. The molecular formula is C27H28N2O5S. The Kier molecular flexibility index (Phi) is 7.51. The van der Waals surface area contributed by atoms with Crippen molar-refractivity contribution >= 4 is 27.6 Å². The van der Waals surface area contributed by atoms with Gasteiger partial charge in [0.2, 0.25) is 0 Å². The number of anilines is 1. The topological polar surface area (TPSA) is 92.8 Å². The van der Waals surface area contributed by atoms with Gasteiger partial charge in [-0.25, -0.2) is 13.2 Å². The molecule has 1 aliphatic heterocycles. The van der Waals surface area contributed by atoms with Gasteiger partial charge in [-0.3, -0.25) is 9.10 Å². The van der Waals surface area contributed by atoms with Gasteiger partial charge in [-0.1, -0.05) is 54.6 Å². The molecule has 0 saturated carbocycles. The Labute approximate surface area is 205 Å². The first-order chi connectivity index (χ1) is 16.9. The lowest BCUT2D eigenvalue weighted by Gasteiger charge is -2.24. The Morgan fingerprint density at radius 3 is 2.54 bits per heavy atom. The van der Waals surface area contributed by atoms with Gasteiger partial charge in [0.25, 0.3) is 15.9 Å². The third-order valence-electron chi connectivity index (χ3n) is 5.91. The SMILES string of the molecule is CC1Cc2ccccc2N1S(=O)(=O)c1cccc(C(=O)OCC(=O)NCCCc2ccccc2)c1. The number of para-hydroxylation sites is 1. The number of ether oxygens (including phenoxy) is 1. The Bertz CT molecular complexity index is 1310. The number of fused-ring (bicyclic) bond motifs is 1. The second-order valence-electron chi connectivity index (χ2n) is 8.53. The summed E-state index contributed by atoms with van der Waals surface area (Å²) in [7, 11) is -3.88. The fourth-order valence-electron chi connectivity index (χ4n) is 4.23. The summed E-state index contributed by atoms with van der Waals surface area (Å²) < 4.78 is 33.3. The zero-order valence-corrected chi connectivity index (χ0v) is 20.3. The lowest BCUT2D eigenvalue weighted by molar-refractivity contribution is -0.124. The predicted molar refractivity (Wildman–Crippen MR) is 134 cm³/mol. The van der Waals surface area contributed by atoms with Crippen LogP contribution in [0.25, 0.3) is 0 Å². The van der Waals surface area contributed by atoms with Crippen molar-refractivity contribution in [2.45, 2.75) is 37.1 Å². The molecule has 1 amide bonds. The molecule has 4 rings (SSSR count). The number of esters is 1. The minimum atomic E-state index is -3.88. The van der Waals surface area contributed by atoms with E-state index in [2.05, 4.69) is 5.32 Å². The van der Waals surface area contributed by atoms with E-state index in [0.29, 0.717) is 18.7 Å². The highest BCUT2D eigenvalue weighted by Gasteiger charge is 2.36. The van der Waals surface area contributed by atoms with Crippen LogP contribution >= 0.6 is 0 Å². The van der Waals surface area contributed by atoms with Crippen molar-refractivity contribution in [3.05, 3.63) is 95.6 Å². The molecule has 0 radical (unpaired) electrons. The summed E-state index contributed by atoms with van der Waals surface area (Å²) in [5.74, 6) is -1.16. The van der Waals surface area contributed by atoms with Gasteiger partial charge in [0, 0.05) is 12.6 Å². The molecule has 0 bridgehead atoms. The van der Waals surface area contributed by atoms with Crippen LogP contribution in [0.3, 0.4) is 0 Å². The highest BCUT2D eigenvalue weighted by atomic mass is 32.2. The Balaban J connectivity index is 1.33. The molecule has 0 saturated heterocycles. The van der Waals surface area contributed by atoms with Gasteiger partial charge in [-0.2, -0.15) is 0 Å². The first kappa shape index (κ1) is 24.5. The molecule has 0 aliphatic carbocycles. The van der Waals surface area contributed by atoms with Crippen LogP contribution in [0, 0.1) is 0 Å². The lowest BCUT2D eigenvalue weighted by Crippen LogP contribution is -2.35. The van der Waals surface area contributed by atoms with E-state index in [4.69, 9.17) is 4.74 Å². The number of sulfonamides is 1. The molecule has 0 spiro atoms. The quantitative estimate of drug-likeness (QED) is 0.363. The van der Waals surface area contributed by atoms with E-state index < -0.39 is 28.5 Å². The molecular weight excluding hydrogens is 464 g/mol. The first-order valence-electron chi connectivity index (χ1n) is 11.6. The minimum Gasteiger partial charge on any atom is -0.452 e. The van der Waals surface area contributed by atoms with E-state index in [-0.39, 0.29) is 16.5 Å². The number of hydrogen-bond donors (Lipinski definition) is 1. The van der Waals surface area contributed by atoms with Crippen LogP contribution in [0.5, 0.6) is 0 Å². The predicted octanol–water partition coefficient (Wildman–Crippen LogP) is 3.73. The molecule has 0 aromatic heterocycles. The molecule has 8 heteroatoms. The van der Waals surface area contributed by atoms with Gasteiger partial charge < -0.3 is 10.1 Å². The fraction of sp³-hybridized carbons (Fsp3) is 0.259. The Morgan fingerprint density at radius 2 is 1.74 bits per heavy atom. The summed E-state index contributed by atoms with van der Waals surface area (Å²) >= 11 is 0. The summed E-state index contributed by atoms with van der Waals surface area (Å²) in [6, 6.07) is 22.8. The maximum absolute atomic E-state index is 13.4. The van der Waals surface area contributed by atoms with Crippen LogP contribution in [-0.2, 0) is 32.4 Å². The van der Waals surface area contributed by atoms with Gasteiger partial charge >= 0.3 is 5.97 Å². The Morgan fingerprint density at radius 1 is 1.00 bits per heavy atom. The second kappa shape index (κ2) is 10.7. The van der Waals surface area contributed by atoms with E-state index in [1.54, 1.807) is 12.1 Å². The Hall–Kier alpha value is -3.65. The van der Waals surface area contributed by atoms with E-state index in [1.165, 1.54) is 34.1 Å². The molecule has 1 unspecified atom stereocenters. The summed E-state index contributed by atoms with van der Waals surface area (Å²) in [6.45, 7) is 1.89. The lowest BCUT2D eigenvalue weighted by atomic mass is 10.1. The average Bonchev–Trinajstić information content (AvgIpc) is 3.22. The van der Waals surface area contributed by atoms with Crippen molar-refractivity contribution in [2.24, 2.45) is 0 Å². The van der Waals surface area contributed by atoms with Crippen molar-refractivity contribution < 1.29 is 22.7 Å². The third kappa shape index (κ3) is 5.71. The van der Waals surface area contributed by atoms with Gasteiger partial charge in [0.1, 0.15) is 0 Å². The van der Waals surface area contributed by atoms with E-state index in [1.807, 2.05) is 49.4 Å². The molecule has 1 aliphatic rings. The summed E-state index contributed by atoms with van der Waals surface area (Å²) in [6.07, 6.45) is 2.22. The van der Waals surface area contributed by atoms with Crippen LogP contribution in [0.1, 0.15) is 34.8 Å². The van der Waals surface area contributed by atoms with Gasteiger partial charge in [-0.15, -0.1) is 0 Å². The summed E-state index contributed by atoms with van der Waals surface area (Å²) in [4.78, 5) is 24.6. The number of nitrogens with one attached hydrogen (secondary N) is 1. The molecule has 3 aromatic carbocycles. The molecule has 0 fully saturated rings. The van der Waals surface area contributed by atoms with Crippen molar-refractivity contribution in [2.75, 3.05) is 17.5 Å². The molecule has 1 atom stereocenters. The fourth-order valence-corrected chi connectivity index (χ4v) is 5.97. The average molecular weight is 493 g/mol. The maximum Gasteiger partial charge on any atom is 0.338 e. The number of aryl methyl sites for hydroxylation is 1. The standard InChI is InChI=1S/C27H28N2O5S/c1-20-17-22-12-5-6-15-25(22)29(20)35(32,33)24-14-7-13-23(18-24)27(31)34-19-26(30)28-16-8-11-21-9-3-2-4-10-21/h2-7,9-10,12-15,18,20H,8,11,16-17,19H2,1H3,(H,28,30). The summed E-state index contributed by atoms with van der Waals surface area (Å²) in [5, 5.41) is 2.73. The van der Waals surface area contributed by atoms with Crippen molar-refractivity contribution in [3.8, 4) is 0 Å². The zero-order valence-electron chi connectivity index (χ0n) is 19.5. The van der Waals surface area contributed by atoms with Crippen LogP contribution < -0.4 is 9.62 Å². The van der Waals surface area contributed by atoms with Gasteiger partial charge in [0.05, 0.1) is 16.1 Å². The molecule has 1 N–H and O–H groups in total.